The molecule has 27 heavy (non-hydrogen) atoms. The summed E-state index contributed by atoms with van der Waals surface area (Å²) in [5.41, 5.74) is 1.85. The van der Waals surface area contributed by atoms with Crippen LogP contribution in [0.25, 0.3) is 11.0 Å². The van der Waals surface area contributed by atoms with Gasteiger partial charge in [0.25, 0.3) is 0 Å². The number of hydrogen-bond donors (Lipinski definition) is 0. The zero-order chi connectivity index (χ0) is 18.8. The molecule has 1 aliphatic rings. The molecule has 3 aromatic rings. The van der Waals surface area contributed by atoms with Crippen LogP contribution >= 0.6 is 22.9 Å². The second kappa shape index (κ2) is 7.62. The summed E-state index contributed by atoms with van der Waals surface area (Å²) in [6, 6.07) is 7.99. The number of imidazole rings is 1. The quantitative estimate of drug-likeness (QED) is 0.627. The Hall–Kier alpha value is -2.51. The number of rotatable bonds is 4. The molecule has 0 bridgehead atoms. The second-order valence-electron chi connectivity index (χ2n) is 6.19. The van der Waals surface area contributed by atoms with Crippen molar-refractivity contribution in [2.24, 2.45) is 0 Å². The molecular formula is C19H19ClN4O2S. The Morgan fingerprint density at radius 2 is 2.11 bits per heavy atom. The minimum Gasteiger partial charge on any atom is -0.497 e. The molecule has 3 heterocycles. The van der Waals surface area contributed by atoms with Gasteiger partial charge in [-0.1, -0.05) is 17.7 Å². The summed E-state index contributed by atoms with van der Waals surface area (Å²) in [7, 11) is 1.67. The van der Waals surface area contributed by atoms with E-state index in [1.165, 1.54) is 11.3 Å². The molecular weight excluding hydrogens is 384 g/mol. The van der Waals surface area contributed by atoms with Crippen molar-refractivity contribution in [1.29, 1.82) is 0 Å². The lowest BCUT2D eigenvalue weighted by Gasteiger charge is -2.35. The van der Waals surface area contributed by atoms with Crippen molar-refractivity contribution >= 4 is 45.6 Å². The largest absolute Gasteiger partial charge is 0.497 e. The lowest BCUT2D eigenvalue weighted by molar-refractivity contribution is -0.126. The Morgan fingerprint density at radius 1 is 1.30 bits per heavy atom. The van der Waals surface area contributed by atoms with Crippen LogP contribution in [0.2, 0.25) is 5.15 Å². The summed E-state index contributed by atoms with van der Waals surface area (Å²) in [5, 5.41) is 2.35. The van der Waals surface area contributed by atoms with Crippen LogP contribution in [0.1, 0.15) is 5.69 Å². The van der Waals surface area contributed by atoms with Gasteiger partial charge >= 0.3 is 0 Å². The number of ether oxygens (including phenoxy) is 1. The van der Waals surface area contributed by atoms with Crippen LogP contribution in [-0.4, -0.2) is 53.5 Å². The molecule has 2 aromatic heterocycles. The van der Waals surface area contributed by atoms with Gasteiger partial charge in [-0.3, -0.25) is 9.20 Å². The molecule has 0 radical (unpaired) electrons. The maximum atomic E-state index is 12.6. The van der Waals surface area contributed by atoms with Crippen LogP contribution in [0.3, 0.4) is 0 Å². The van der Waals surface area contributed by atoms with Gasteiger partial charge in [-0.2, -0.15) is 0 Å². The van der Waals surface area contributed by atoms with Crippen molar-refractivity contribution in [1.82, 2.24) is 14.3 Å². The highest BCUT2D eigenvalue weighted by atomic mass is 35.5. The summed E-state index contributed by atoms with van der Waals surface area (Å²) in [6.45, 7) is 2.92. The summed E-state index contributed by atoms with van der Waals surface area (Å²) in [5.74, 6) is 0.827. The Kier molecular flexibility index (Phi) is 5.05. The van der Waals surface area contributed by atoms with Gasteiger partial charge in [0.05, 0.1) is 12.8 Å². The number of fused-ring (bicyclic) bond motifs is 1. The van der Waals surface area contributed by atoms with Crippen molar-refractivity contribution in [3.63, 3.8) is 0 Å². The predicted molar refractivity (Wildman–Crippen MR) is 109 cm³/mol. The molecule has 0 saturated carbocycles. The SMILES string of the molecule is COc1cccc(N2CCN(C(=O)C=Cc3c(Cl)nc4sccn34)CC2)c1. The van der Waals surface area contributed by atoms with Crippen LogP contribution in [0, 0.1) is 0 Å². The van der Waals surface area contributed by atoms with Gasteiger partial charge in [0.15, 0.2) is 10.1 Å². The first-order chi connectivity index (χ1) is 13.2. The molecule has 1 fully saturated rings. The van der Waals surface area contributed by atoms with E-state index in [9.17, 15) is 4.79 Å². The number of carbonyl (C=O) groups is 1. The van der Waals surface area contributed by atoms with E-state index < -0.39 is 0 Å². The third-order valence-corrected chi connectivity index (χ3v) is 5.68. The molecule has 140 valence electrons. The smallest absolute Gasteiger partial charge is 0.246 e. The minimum absolute atomic E-state index is 0.0125. The number of amides is 1. The maximum Gasteiger partial charge on any atom is 0.246 e. The van der Waals surface area contributed by atoms with Gasteiger partial charge < -0.3 is 14.5 Å². The van der Waals surface area contributed by atoms with Gasteiger partial charge in [-0.05, 0) is 18.2 Å². The second-order valence-corrected chi connectivity index (χ2v) is 7.42. The van der Waals surface area contributed by atoms with Crippen LogP contribution in [0.4, 0.5) is 5.69 Å². The maximum absolute atomic E-state index is 12.6. The molecule has 8 heteroatoms. The fraction of sp³-hybridized carbons (Fsp3) is 0.263. The number of thiazole rings is 1. The predicted octanol–water partition coefficient (Wildman–Crippen LogP) is 3.42. The zero-order valence-corrected chi connectivity index (χ0v) is 16.4. The average Bonchev–Trinajstić information content (AvgIpc) is 3.27. The summed E-state index contributed by atoms with van der Waals surface area (Å²) in [6.07, 6.45) is 5.22. The number of carbonyl (C=O) groups excluding carboxylic acids is 1. The summed E-state index contributed by atoms with van der Waals surface area (Å²) < 4.78 is 7.18. The van der Waals surface area contributed by atoms with Crippen molar-refractivity contribution in [2.45, 2.75) is 0 Å². The van der Waals surface area contributed by atoms with Gasteiger partial charge in [-0.25, -0.2) is 4.98 Å². The first kappa shape index (κ1) is 17.9. The van der Waals surface area contributed by atoms with Gasteiger partial charge in [-0.15, -0.1) is 11.3 Å². The average molecular weight is 403 g/mol. The minimum atomic E-state index is -0.0125. The monoisotopic (exact) mass is 402 g/mol. The highest BCUT2D eigenvalue weighted by molar-refractivity contribution is 7.15. The fourth-order valence-electron chi connectivity index (χ4n) is 3.17. The number of nitrogens with zero attached hydrogens (tertiary/aromatic N) is 4. The van der Waals surface area contributed by atoms with Crippen LogP contribution in [0.15, 0.2) is 41.9 Å². The number of methoxy groups -OCH3 is 1. The molecule has 1 saturated heterocycles. The van der Waals surface area contributed by atoms with E-state index in [0.717, 1.165) is 35.2 Å². The summed E-state index contributed by atoms with van der Waals surface area (Å²) >= 11 is 7.68. The molecule has 0 atom stereocenters. The molecule has 4 rings (SSSR count). The molecule has 0 aliphatic carbocycles. The third-order valence-electron chi connectivity index (χ3n) is 4.65. The van der Waals surface area contributed by atoms with Crippen molar-refractivity contribution in [2.75, 3.05) is 38.2 Å². The molecule has 0 spiro atoms. The highest BCUT2D eigenvalue weighted by Gasteiger charge is 2.20. The number of anilines is 1. The fourth-order valence-corrected chi connectivity index (χ4v) is 4.18. The van der Waals surface area contributed by atoms with E-state index in [1.54, 1.807) is 19.3 Å². The molecule has 0 unspecified atom stereocenters. The number of hydrogen-bond acceptors (Lipinski definition) is 5. The first-order valence-corrected chi connectivity index (χ1v) is 9.88. The number of halogens is 1. The molecule has 0 N–H and O–H groups in total. The number of aromatic nitrogens is 2. The first-order valence-electron chi connectivity index (χ1n) is 8.63. The molecule has 1 aliphatic heterocycles. The number of benzene rings is 1. The van der Waals surface area contributed by atoms with E-state index >= 15 is 0 Å². The lowest BCUT2D eigenvalue weighted by atomic mass is 10.2. The zero-order valence-electron chi connectivity index (χ0n) is 14.8. The molecule has 1 aromatic carbocycles. The van der Waals surface area contributed by atoms with Gasteiger partial charge in [0.1, 0.15) is 5.75 Å². The van der Waals surface area contributed by atoms with Crippen LogP contribution in [-0.2, 0) is 4.79 Å². The number of piperazine rings is 1. The standard InChI is InChI=1S/C19H19ClN4O2S/c1-26-15-4-2-3-14(13-15)22-7-9-23(10-8-22)17(25)6-5-16-18(20)21-19-24(16)11-12-27-19/h2-6,11-13H,7-10H2,1H3. The Morgan fingerprint density at radius 3 is 2.89 bits per heavy atom. The van der Waals surface area contributed by atoms with E-state index in [0.29, 0.717) is 18.2 Å². The van der Waals surface area contributed by atoms with Crippen molar-refractivity contribution in [3.05, 3.63) is 52.8 Å². The van der Waals surface area contributed by atoms with Crippen LogP contribution < -0.4 is 9.64 Å². The van der Waals surface area contributed by atoms with Crippen molar-refractivity contribution < 1.29 is 9.53 Å². The summed E-state index contributed by atoms with van der Waals surface area (Å²) in [4.78, 5) is 21.8. The Bertz CT molecular complexity index is 989. The lowest BCUT2D eigenvalue weighted by Crippen LogP contribution is -2.48. The van der Waals surface area contributed by atoms with E-state index in [-0.39, 0.29) is 5.91 Å². The van der Waals surface area contributed by atoms with E-state index in [4.69, 9.17) is 16.3 Å². The van der Waals surface area contributed by atoms with Crippen LogP contribution in [0.5, 0.6) is 5.75 Å². The molecule has 6 nitrogen and oxygen atoms in total. The van der Waals surface area contributed by atoms with Gasteiger partial charge in [0.2, 0.25) is 5.91 Å². The Labute approximate surface area is 166 Å². The van der Waals surface area contributed by atoms with Gasteiger partial charge in [0, 0.05) is 55.6 Å². The molecule has 1 amide bonds. The normalized spacial score (nSPS) is 15.0. The Balaban J connectivity index is 1.40. The third kappa shape index (κ3) is 3.65. The van der Waals surface area contributed by atoms with E-state index in [2.05, 4.69) is 16.0 Å². The highest BCUT2D eigenvalue weighted by Crippen LogP contribution is 2.23. The van der Waals surface area contributed by atoms with Crippen molar-refractivity contribution in [3.8, 4) is 5.75 Å². The topological polar surface area (TPSA) is 50.1 Å². The van der Waals surface area contributed by atoms with E-state index in [1.807, 2.05) is 39.1 Å².